The quantitative estimate of drug-likeness (QED) is 0.678. The molecule has 2 atom stereocenters. The minimum Gasteiger partial charge on any atom is -0.497 e. The van der Waals surface area contributed by atoms with Crippen LogP contribution in [-0.4, -0.2) is 37.9 Å². The highest BCUT2D eigenvalue weighted by molar-refractivity contribution is 6.01. The standard InChI is InChI=1S/C14H22N2O4/c1-8(7-17)9(2)16-14(18)11-5-10(19-3)6-12(20-4)13(11)15/h5-6,8-9,17H,7,15H2,1-4H3,(H,16,18). The van der Waals surface area contributed by atoms with Crippen molar-refractivity contribution in [3.63, 3.8) is 0 Å². The third-order valence-electron chi connectivity index (χ3n) is 3.32. The van der Waals surface area contributed by atoms with Crippen LogP contribution in [0.5, 0.6) is 11.5 Å². The van der Waals surface area contributed by atoms with Gasteiger partial charge in [-0.3, -0.25) is 4.79 Å². The number of hydrogen-bond acceptors (Lipinski definition) is 5. The Hall–Kier alpha value is -1.95. The van der Waals surface area contributed by atoms with Crippen molar-refractivity contribution in [2.24, 2.45) is 5.92 Å². The monoisotopic (exact) mass is 282 g/mol. The molecule has 112 valence electrons. The van der Waals surface area contributed by atoms with Gasteiger partial charge in [0.05, 0.1) is 25.5 Å². The number of carbonyl (C=O) groups excluding carboxylic acids is 1. The van der Waals surface area contributed by atoms with Crippen LogP contribution in [-0.2, 0) is 0 Å². The molecule has 0 saturated heterocycles. The van der Waals surface area contributed by atoms with E-state index in [-0.39, 0.29) is 35.7 Å². The molecule has 4 N–H and O–H groups in total. The van der Waals surface area contributed by atoms with Crippen LogP contribution in [0.25, 0.3) is 0 Å². The summed E-state index contributed by atoms with van der Waals surface area (Å²) in [5.41, 5.74) is 6.46. The summed E-state index contributed by atoms with van der Waals surface area (Å²) >= 11 is 0. The minimum absolute atomic E-state index is 0.00163. The highest BCUT2D eigenvalue weighted by atomic mass is 16.5. The number of rotatable bonds is 6. The number of aliphatic hydroxyl groups is 1. The number of ether oxygens (including phenoxy) is 2. The fourth-order valence-electron chi connectivity index (χ4n) is 1.66. The second-order valence-electron chi connectivity index (χ2n) is 4.71. The van der Waals surface area contributed by atoms with E-state index < -0.39 is 0 Å². The van der Waals surface area contributed by atoms with Gasteiger partial charge in [0, 0.05) is 18.7 Å². The summed E-state index contributed by atoms with van der Waals surface area (Å²) in [5.74, 6) is 0.501. The number of hydrogen-bond donors (Lipinski definition) is 3. The van der Waals surface area contributed by atoms with E-state index in [1.54, 1.807) is 12.1 Å². The molecule has 1 aromatic rings. The lowest BCUT2D eigenvalue weighted by molar-refractivity contribution is 0.0916. The van der Waals surface area contributed by atoms with Gasteiger partial charge in [-0.25, -0.2) is 0 Å². The molecule has 1 rings (SSSR count). The molecule has 0 aromatic heterocycles. The first-order valence-electron chi connectivity index (χ1n) is 6.37. The molecule has 0 aliphatic heterocycles. The fraction of sp³-hybridized carbons (Fsp3) is 0.500. The fourth-order valence-corrected chi connectivity index (χ4v) is 1.66. The Bertz CT molecular complexity index is 476. The number of carbonyl (C=O) groups is 1. The largest absolute Gasteiger partial charge is 0.497 e. The van der Waals surface area contributed by atoms with Crippen molar-refractivity contribution in [3.8, 4) is 11.5 Å². The summed E-state index contributed by atoms with van der Waals surface area (Å²) in [5, 5.41) is 11.9. The van der Waals surface area contributed by atoms with Crippen LogP contribution in [0.4, 0.5) is 5.69 Å². The molecule has 0 spiro atoms. The molecule has 0 radical (unpaired) electrons. The average Bonchev–Trinajstić information content (AvgIpc) is 2.46. The second kappa shape index (κ2) is 7.00. The number of benzene rings is 1. The number of methoxy groups -OCH3 is 2. The molecular formula is C14H22N2O4. The predicted molar refractivity (Wildman–Crippen MR) is 77.1 cm³/mol. The molecule has 0 fully saturated rings. The van der Waals surface area contributed by atoms with Crippen LogP contribution in [0.1, 0.15) is 24.2 Å². The summed E-state index contributed by atoms with van der Waals surface area (Å²) in [7, 11) is 2.98. The molecule has 6 heteroatoms. The lowest BCUT2D eigenvalue weighted by Crippen LogP contribution is -2.38. The summed E-state index contributed by atoms with van der Waals surface area (Å²) in [6.45, 7) is 3.67. The van der Waals surface area contributed by atoms with Gasteiger partial charge in [0.15, 0.2) is 0 Å². The van der Waals surface area contributed by atoms with Gasteiger partial charge in [0.25, 0.3) is 5.91 Å². The first kappa shape index (κ1) is 16.1. The highest BCUT2D eigenvalue weighted by Gasteiger charge is 2.19. The van der Waals surface area contributed by atoms with Crippen LogP contribution >= 0.6 is 0 Å². The first-order valence-corrected chi connectivity index (χ1v) is 6.37. The number of amides is 1. The summed E-state index contributed by atoms with van der Waals surface area (Å²) < 4.78 is 10.2. The normalized spacial score (nSPS) is 13.4. The Morgan fingerprint density at radius 2 is 2.00 bits per heavy atom. The van der Waals surface area contributed by atoms with Gasteiger partial charge in [0.2, 0.25) is 0 Å². The van der Waals surface area contributed by atoms with E-state index in [1.807, 2.05) is 13.8 Å². The molecule has 1 aromatic carbocycles. The van der Waals surface area contributed by atoms with Crippen LogP contribution < -0.4 is 20.5 Å². The topological polar surface area (TPSA) is 93.8 Å². The predicted octanol–water partition coefficient (Wildman–Crippen LogP) is 1.03. The summed E-state index contributed by atoms with van der Waals surface area (Å²) in [6, 6.07) is 3.00. The Labute approximate surface area is 118 Å². The third-order valence-corrected chi connectivity index (χ3v) is 3.32. The maximum atomic E-state index is 12.2. The average molecular weight is 282 g/mol. The van der Waals surface area contributed by atoms with E-state index in [9.17, 15) is 4.79 Å². The van der Waals surface area contributed by atoms with Gasteiger partial charge in [-0.05, 0) is 18.9 Å². The SMILES string of the molecule is COc1cc(OC)c(N)c(C(=O)NC(C)C(C)CO)c1. The van der Waals surface area contributed by atoms with E-state index in [4.69, 9.17) is 20.3 Å². The zero-order valence-electron chi connectivity index (χ0n) is 12.3. The molecule has 0 aliphatic carbocycles. The molecule has 0 heterocycles. The number of nitrogens with one attached hydrogen (secondary N) is 1. The maximum Gasteiger partial charge on any atom is 0.253 e. The lowest BCUT2D eigenvalue weighted by atomic mass is 10.0. The van der Waals surface area contributed by atoms with Crippen molar-refractivity contribution in [2.75, 3.05) is 26.6 Å². The van der Waals surface area contributed by atoms with E-state index in [0.717, 1.165) is 0 Å². The third kappa shape index (κ3) is 3.54. The van der Waals surface area contributed by atoms with Gasteiger partial charge < -0.3 is 25.6 Å². The Morgan fingerprint density at radius 3 is 2.50 bits per heavy atom. The zero-order chi connectivity index (χ0) is 15.3. The van der Waals surface area contributed by atoms with E-state index in [0.29, 0.717) is 11.5 Å². The second-order valence-corrected chi connectivity index (χ2v) is 4.71. The van der Waals surface area contributed by atoms with Crippen LogP contribution in [0, 0.1) is 5.92 Å². The molecule has 2 unspecified atom stereocenters. The Kier molecular flexibility index (Phi) is 5.64. The Morgan fingerprint density at radius 1 is 1.35 bits per heavy atom. The number of aliphatic hydroxyl groups excluding tert-OH is 1. The minimum atomic E-state index is -0.326. The maximum absolute atomic E-state index is 12.2. The molecule has 6 nitrogen and oxygen atoms in total. The number of nitrogen functional groups attached to an aromatic ring is 1. The van der Waals surface area contributed by atoms with Crippen molar-refractivity contribution < 1.29 is 19.4 Å². The molecule has 0 aliphatic rings. The molecule has 0 bridgehead atoms. The van der Waals surface area contributed by atoms with Gasteiger partial charge in [-0.1, -0.05) is 6.92 Å². The van der Waals surface area contributed by atoms with Crippen LogP contribution in [0.2, 0.25) is 0 Å². The molecular weight excluding hydrogens is 260 g/mol. The van der Waals surface area contributed by atoms with Crippen LogP contribution in [0.15, 0.2) is 12.1 Å². The van der Waals surface area contributed by atoms with Gasteiger partial charge in [-0.15, -0.1) is 0 Å². The van der Waals surface area contributed by atoms with Crippen molar-refractivity contribution >= 4 is 11.6 Å². The smallest absolute Gasteiger partial charge is 0.253 e. The number of anilines is 1. The van der Waals surface area contributed by atoms with E-state index >= 15 is 0 Å². The van der Waals surface area contributed by atoms with Crippen molar-refractivity contribution in [1.29, 1.82) is 0 Å². The highest BCUT2D eigenvalue weighted by Crippen LogP contribution is 2.31. The first-order chi connectivity index (χ1) is 9.44. The van der Waals surface area contributed by atoms with Gasteiger partial charge in [-0.2, -0.15) is 0 Å². The van der Waals surface area contributed by atoms with Gasteiger partial charge in [0.1, 0.15) is 11.5 Å². The van der Waals surface area contributed by atoms with E-state index in [1.165, 1.54) is 14.2 Å². The number of nitrogens with two attached hydrogens (primary N) is 1. The van der Waals surface area contributed by atoms with Crippen molar-refractivity contribution in [2.45, 2.75) is 19.9 Å². The lowest BCUT2D eigenvalue weighted by Gasteiger charge is -2.20. The zero-order valence-corrected chi connectivity index (χ0v) is 12.3. The van der Waals surface area contributed by atoms with Crippen molar-refractivity contribution in [3.05, 3.63) is 17.7 Å². The summed E-state index contributed by atoms with van der Waals surface area (Å²) in [4.78, 5) is 12.2. The van der Waals surface area contributed by atoms with Crippen molar-refractivity contribution in [1.82, 2.24) is 5.32 Å². The molecule has 20 heavy (non-hydrogen) atoms. The van der Waals surface area contributed by atoms with E-state index in [2.05, 4.69) is 5.32 Å². The molecule has 0 saturated carbocycles. The van der Waals surface area contributed by atoms with Gasteiger partial charge >= 0.3 is 0 Å². The summed E-state index contributed by atoms with van der Waals surface area (Å²) in [6.07, 6.45) is 0. The Balaban J connectivity index is 3.03. The molecule has 1 amide bonds. The van der Waals surface area contributed by atoms with Crippen LogP contribution in [0.3, 0.4) is 0 Å².